The fourth-order valence-corrected chi connectivity index (χ4v) is 2.93. The van der Waals surface area contributed by atoms with Gasteiger partial charge in [-0.3, -0.25) is 0 Å². The van der Waals surface area contributed by atoms with Gasteiger partial charge in [-0.2, -0.15) is 0 Å². The summed E-state index contributed by atoms with van der Waals surface area (Å²) in [5.41, 5.74) is 8.50. The first-order chi connectivity index (χ1) is 10.6. The topological polar surface area (TPSA) is 87.3 Å². The minimum absolute atomic E-state index is 0.363. The Morgan fingerprint density at radius 3 is 2.82 bits per heavy atom. The molecule has 0 bridgehead atoms. The van der Waals surface area contributed by atoms with Gasteiger partial charge in [-0.25, -0.2) is 14.8 Å². The summed E-state index contributed by atoms with van der Waals surface area (Å²) in [6.45, 7) is 0. The van der Waals surface area contributed by atoms with Crippen LogP contribution in [0.3, 0.4) is 0 Å². The highest BCUT2D eigenvalue weighted by Gasteiger charge is 2.14. The number of anilines is 1. The number of carbonyl (C=O) groups is 1. The second-order valence-corrected chi connectivity index (χ2v) is 5.57. The van der Waals surface area contributed by atoms with Gasteiger partial charge in [0, 0.05) is 11.8 Å². The molecule has 0 fully saturated rings. The quantitative estimate of drug-likeness (QED) is 0.748. The maximum absolute atomic E-state index is 11.7. The van der Waals surface area contributed by atoms with Crippen LogP contribution in [0.5, 0.6) is 5.88 Å². The minimum Gasteiger partial charge on any atom is -0.481 e. The molecular formula is C15H13N3O3S. The largest absolute Gasteiger partial charge is 0.481 e. The van der Waals surface area contributed by atoms with Gasteiger partial charge < -0.3 is 15.2 Å². The molecule has 0 amide bonds. The van der Waals surface area contributed by atoms with Gasteiger partial charge in [-0.05, 0) is 23.8 Å². The molecule has 3 aromatic rings. The van der Waals surface area contributed by atoms with Crippen molar-refractivity contribution in [2.75, 3.05) is 20.0 Å². The molecule has 0 unspecified atom stereocenters. The number of benzene rings is 1. The Balaban J connectivity index is 2.16. The van der Waals surface area contributed by atoms with Crippen LogP contribution in [-0.4, -0.2) is 30.2 Å². The van der Waals surface area contributed by atoms with Crippen LogP contribution in [0.15, 0.2) is 30.5 Å². The summed E-state index contributed by atoms with van der Waals surface area (Å²) in [4.78, 5) is 20.1. The average Bonchev–Trinajstić information content (AvgIpc) is 2.92. The summed E-state index contributed by atoms with van der Waals surface area (Å²) in [7, 11) is 2.87. The van der Waals surface area contributed by atoms with Gasteiger partial charge in [0.2, 0.25) is 5.88 Å². The standard InChI is InChI=1S/C15H13N3O3S/c1-20-13-10(5-9(7-17-13)14(19)21-2)8-3-4-11-12(6-8)22-15(16)18-11/h3-7H,1-2H3,(H2,16,18). The number of rotatable bonds is 3. The molecule has 3 rings (SSSR count). The highest BCUT2D eigenvalue weighted by atomic mass is 32.1. The SMILES string of the molecule is COC(=O)c1cnc(OC)c(-c2ccc3nc(N)sc3c2)c1. The summed E-state index contributed by atoms with van der Waals surface area (Å²) in [5.74, 6) is -0.0102. The molecule has 2 aromatic heterocycles. The first-order valence-corrected chi connectivity index (χ1v) is 7.23. The van der Waals surface area contributed by atoms with Gasteiger partial charge in [0.15, 0.2) is 5.13 Å². The molecule has 1 aromatic carbocycles. The lowest BCUT2D eigenvalue weighted by molar-refractivity contribution is 0.0600. The fraction of sp³-hybridized carbons (Fsp3) is 0.133. The fourth-order valence-electron chi connectivity index (χ4n) is 2.16. The van der Waals surface area contributed by atoms with Gasteiger partial charge in [0.25, 0.3) is 0 Å². The smallest absolute Gasteiger partial charge is 0.339 e. The number of nitrogen functional groups attached to an aromatic ring is 1. The van der Waals surface area contributed by atoms with Crippen molar-refractivity contribution in [3.8, 4) is 17.0 Å². The van der Waals surface area contributed by atoms with Gasteiger partial charge in [-0.15, -0.1) is 0 Å². The van der Waals surface area contributed by atoms with Crippen molar-refractivity contribution in [1.82, 2.24) is 9.97 Å². The molecule has 112 valence electrons. The van der Waals surface area contributed by atoms with E-state index in [1.165, 1.54) is 31.8 Å². The first-order valence-electron chi connectivity index (χ1n) is 6.41. The molecule has 0 atom stereocenters. The van der Waals surface area contributed by atoms with E-state index in [0.717, 1.165) is 15.8 Å². The maximum atomic E-state index is 11.7. The predicted octanol–water partition coefficient (Wildman–Crippen LogP) is 2.74. The Bertz CT molecular complexity index is 860. The van der Waals surface area contributed by atoms with Crippen molar-refractivity contribution in [3.63, 3.8) is 0 Å². The van der Waals surface area contributed by atoms with Crippen LogP contribution < -0.4 is 10.5 Å². The van der Waals surface area contributed by atoms with Crippen molar-refractivity contribution < 1.29 is 14.3 Å². The lowest BCUT2D eigenvalue weighted by Crippen LogP contribution is -2.03. The molecule has 0 spiro atoms. The molecular weight excluding hydrogens is 302 g/mol. The highest BCUT2D eigenvalue weighted by molar-refractivity contribution is 7.22. The van der Waals surface area contributed by atoms with E-state index in [-0.39, 0.29) is 0 Å². The second-order valence-electron chi connectivity index (χ2n) is 4.51. The number of esters is 1. The molecule has 0 aliphatic heterocycles. The van der Waals surface area contributed by atoms with Crippen LogP contribution in [0.25, 0.3) is 21.3 Å². The molecule has 0 radical (unpaired) electrons. The normalized spacial score (nSPS) is 10.6. The summed E-state index contributed by atoms with van der Waals surface area (Å²) >= 11 is 1.40. The summed E-state index contributed by atoms with van der Waals surface area (Å²) in [5, 5.41) is 0.514. The van der Waals surface area contributed by atoms with Gasteiger partial charge in [0.1, 0.15) is 0 Å². The van der Waals surface area contributed by atoms with E-state index in [2.05, 4.69) is 9.97 Å². The maximum Gasteiger partial charge on any atom is 0.339 e. The van der Waals surface area contributed by atoms with Gasteiger partial charge in [-0.1, -0.05) is 17.4 Å². The van der Waals surface area contributed by atoms with Crippen LogP contribution in [0.4, 0.5) is 5.13 Å². The summed E-state index contributed by atoms with van der Waals surface area (Å²) in [6, 6.07) is 7.41. The number of pyridine rings is 1. The minimum atomic E-state index is -0.445. The van der Waals surface area contributed by atoms with E-state index in [9.17, 15) is 4.79 Å². The third-order valence-corrected chi connectivity index (χ3v) is 4.03. The molecule has 2 heterocycles. The van der Waals surface area contributed by atoms with Crippen molar-refractivity contribution in [2.45, 2.75) is 0 Å². The van der Waals surface area contributed by atoms with Crippen LogP contribution >= 0.6 is 11.3 Å². The third kappa shape index (κ3) is 2.46. The van der Waals surface area contributed by atoms with E-state index in [1.54, 1.807) is 6.07 Å². The van der Waals surface area contributed by atoms with Crippen LogP contribution in [-0.2, 0) is 4.74 Å². The molecule has 2 N–H and O–H groups in total. The second kappa shape index (κ2) is 5.61. The van der Waals surface area contributed by atoms with E-state index in [1.807, 2.05) is 18.2 Å². The molecule has 6 nitrogen and oxygen atoms in total. The Kier molecular flexibility index (Phi) is 3.64. The number of aromatic nitrogens is 2. The zero-order chi connectivity index (χ0) is 15.7. The monoisotopic (exact) mass is 315 g/mol. The third-order valence-electron chi connectivity index (χ3n) is 3.18. The van der Waals surface area contributed by atoms with Crippen molar-refractivity contribution in [3.05, 3.63) is 36.0 Å². The van der Waals surface area contributed by atoms with Gasteiger partial charge in [0.05, 0.1) is 30.0 Å². The van der Waals surface area contributed by atoms with E-state index < -0.39 is 5.97 Å². The molecule has 0 saturated carbocycles. The number of carbonyl (C=O) groups excluding carboxylic acids is 1. The number of nitrogens with two attached hydrogens (primary N) is 1. The summed E-state index contributed by atoms with van der Waals surface area (Å²) in [6.07, 6.45) is 1.43. The number of thiazole rings is 1. The predicted molar refractivity (Wildman–Crippen MR) is 85.2 cm³/mol. The average molecular weight is 315 g/mol. The zero-order valence-corrected chi connectivity index (χ0v) is 12.8. The van der Waals surface area contributed by atoms with E-state index >= 15 is 0 Å². The molecule has 0 aliphatic rings. The molecule has 0 saturated heterocycles. The molecule has 7 heteroatoms. The van der Waals surface area contributed by atoms with Gasteiger partial charge >= 0.3 is 5.97 Å². The van der Waals surface area contributed by atoms with Crippen LogP contribution in [0, 0.1) is 0 Å². The number of fused-ring (bicyclic) bond motifs is 1. The van der Waals surface area contributed by atoms with Crippen molar-refractivity contribution in [2.24, 2.45) is 0 Å². The molecule has 22 heavy (non-hydrogen) atoms. The van der Waals surface area contributed by atoms with E-state index in [0.29, 0.717) is 22.1 Å². The lowest BCUT2D eigenvalue weighted by Gasteiger charge is -2.09. The number of nitrogens with zero attached hydrogens (tertiary/aromatic N) is 2. The Hall–Kier alpha value is -2.67. The van der Waals surface area contributed by atoms with Crippen molar-refractivity contribution >= 4 is 32.7 Å². The zero-order valence-electron chi connectivity index (χ0n) is 12.0. The molecule has 0 aliphatic carbocycles. The number of hydrogen-bond donors (Lipinski definition) is 1. The Morgan fingerprint density at radius 1 is 1.27 bits per heavy atom. The highest BCUT2D eigenvalue weighted by Crippen LogP contribution is 2.33. The number of methoxy groups -OCH3 is 2. The van der Waals surface area contributed by atoms with Crippen molar-refractivity contribution in [1.29, 1.82) is 0 Å². The number of ether oxygens (including phenoxy) is 2. The Labute approximate surface area is 130 Å². The van der Waals surface area contributed by atoms with Crippen LogP contribution in [0.2, 0.25) is 0 Å². The summed E-state index contributed by atoms with van der Waals surface area (Å²) < 4.78 is 11.0. The van der Waals surface area contributed by atoms with E-state index in [4.69, 9.17) is 15.2 Å². The van der Waals surface area contributed by atoms with Crippen LogP contribution in [0.1, 0.15) is 10.4 Å². The Morgan fingerprint density at radius 2 is 2.09 bits per heavy atom. The first kappa shape index (κ1) is 14.3. The lowest BCUT2D eigenvalue weighted by atomic mass is 10.0. The number of hydrogen-bond acceptors (Lipinski definition) is 7.